The van der Waals surface area contributed by atoms with Crippen molar-refractivity contribution in [2.45, 2.75) is 30.4 Å². The lowest BCUT2D eigenvalue weighted by atomic mass is 10.3. The molecule has 0 saturated carbocycles. The summed E-state index contributed by atoms with van der Waals surface area (Å²) < 4.78 is 26.2. The number of hydrogen-bond donors (Lipinski definition) is 1. The molecular formula is C21H23FN4O3S. The molecule has 30 heavy (non-hydrogen) atoms. The number of halogens is 1. The van der Waals surface area contributed by atoms with Gasteiger partial charge in [0.25, 0.3) is 0 Å². The van der Waals surface area contributed by atoms with E-state index in [9.17, 15) is 9.18 Å². The standard InChI is InChI=1S/C21H23FN4O3S/c1-13(29-18-10-8-17(28-4)9-11-18)19-24-25-21(26(19)3)30-14(2)20(27)23-16-7-5-6-15(22)12-16/h5-14H,1-4H3,(H,23,27). The van der Waals surface area contributed by atoms with E-state index in [0.717, 1.165) is 5.75 Å². The van der Waals surface area contributed by atoms with E-state index in [0.29, 0.717) is 22.4 Å². The van der Waals surface area contributed by atoms with Crippen molar-refractivity contribution in [3.05, 3.63) is 60.2 Å². The molecule has 0 bridgehead atoms. The number of methoxy groups -OCH3 is 1. The molecule has 2 unspecified atom stereocenters. The Labute approximate surface area is 178 Å². The highest BCUT2D eigenvalue weighted by atomic mass is 32.2. The monoisotopic (exact) mass is 430 g/mol. The van der Waals surface area contributed by atoms with E-state index in [1.165, 1.54) is 23.9 Å². The lowest BCUT2D eigenvalue weighted by molar-refractivity contribution is -0.115. The maximum atomic E-state index is 13.3. The first-order valence-corrected chi connectivity index (χ1v) is 10.2. The third-order valence-electron chi connectivity index (χ3n) is 4.35. The van der Waals surface area contributed by atoms with Gasteiger partial charge in [-0.2, -0.15) is 0 Å². The summed E-state index contributed by atoms with van der Waals surface area (Å²) in [6, 6.07) is 13.1. The Morgan fingerprint density at radius 1 is 1.13 bits per heavy atom. The first-order valence-electron chi connectivity index (χ1n) is 9.30. The van der Waals surface area contributed by atoms with Gasteiger partial charge in [0.1, 0.15) is 17.3 Å². The number of amides is 1. The van der Waals surface area contributed by atoms with Crippen molar-refractivity contribution in [1.29, 1.82) is 0 Å². The SMILES string of the molecule is COc1ccc(OC(C)c2nnc(SC(C)C(=O)Nc3cccc(F)c3)n2C)cc1. The van der Waals surface area contributed by atoms with Crippen LogP contribution in [0.4, 0.5) is 10.1 Å². The number of hydrogen-bond acceptors (Lipinski definition) is 6. The molecule has 2 atom stereocenters. The molecule has 9 heteroatoms. The van der Waals surface area contributed by atoms with E-state index < -0.39 is 11.1 Å². The average molecular weight is 431 g/mol. The Bertz CT molecular complexity index is 1010. The number of ether oxygens (including phenoxy) is 2. The molecule has 7 nitrogen and oxygen atoms in total. The van der Waals surface area contributed by atoms with E-state index >= 15 is 0 Å². The van der Waals surface area contributed by atoms with Crippen molar-refractivity contribution in [2.24, 2.45) is 7.05 Å². The summed E-state index contributed by atoms with van der Waals surface area (Å²) in [7, 11) is 3.43. The summed E-state index contributed by atoms with van der Waals surface area (Å²) in [5, 5.41) is 11.2. The van der Waals surface area contributed by atoms with Gasteiger partial charge in [0.2, 0.25) is 5.91 Å². The van der Waals surface area contributed by atoms with Crippen LogP contribution in [0.2, 0.25) is 0 Å². The summed E-state index contributed by atoms with van der Waals surface area (Å²) in [4.78, 5) is 12.4. The highest BCUT2D eigenvalue weighted by Gasteiger charge is 2.22. The number of anilines is 1. The summed E-state index contributed by atoms with van der Waals surface area (Å²) in [5.41, 5.74) is 0.410. The van der Waals surface area contributed by atoms with Crippen molar-refractivity contribution in [3.63, 3.8) is 0 Å². The molecule has 0 aliphatic rings. The normalized spacial score (nSPS) is 12.8. The van der Waals surface area contributed by atoms with Gasteiger partial charge in [0.15, 0.2) is 17.1 Å². The zero-order chi connectivity index (χ0) is 21.7. The van der Waals surface area contributed by atoms with Crippen LogP contribution in [-0.2, 0) is 11.8 Å². The Morgan fingerprint density at radius 3 is 2.50 bits per heavy atom. The third kappa shape index (κ3) is 5.29. The van der Waals surface area contributed by atoms with Gasteiger partial charge in [0.05, 0.1) is 12.4 Å². The number of aromatic nitrogens is 3. The molecule has 1 N–H and O–H groups in total. The van der Waals surface area contributed by atoms with Crippen molar-refractivity contribution in [1.82, 2.24) is 14.8 Å². The molecule has 0 radical (unpaired) electrons. The summed E-state index contributed by atoms with van der Waals surface area (Å²) in [6.07, 6.45) is -0.346. The molecule has 0 spiro atoms. The Morgan fingerprint density at radius 2 is 1.83 bits per heavy atom. The highest BCUT2D eigenvalue weighted by Crippen LogP contribution is 2.27. The van der Waals surface area contributed by atoms with Gasteiger partial charge in [-0.1, -0.05) is 17.8 Å². The number of thioether (sulfide) groups is 1. The summed E-state index contributed by atoms with van der Waals surface area (Å²) in [5.74, 6) is 1.40. The van der Waals surface area contributed by atoms with Gasteiger partial charge < -0.3 is 19.4 Å². The molecule has 1 amide bonds. The van der Waals surface area contributed by atoms with Crippen molar-refractivity contribution in [3.8, 4) is 11.5 Å². The molecular weight excluding hydrogens is 407 g/mol. The first-order chi connectivity index (χ1) is 14.4. The zero-order valence-electron chi connectivity index (χ0n) is 17.1. The van der Waals surface area contributed by atoms with Crippen LogP contribution >= 0.6 is 11.8 Å². The van der Waals surface area contributed by atoms with Crippen LogP contribution in [0, 0.1) is 5.82 Å². The van der Waals surface area contributed by atoms with E-state index in [2.05, 4.69) is 15.5 Å². The molecule has 3 aromatic rings. The number of carbonyl (C=O) groups excluding carboxylic acids is 1. The maximum absolute atomic E-state index is 13.3. The molecule has 2 aromatic carbocycles. The van der Waals surface area contributed by atoms with Crippen molar-refractivity contribution >= 4 is 23.4 Å². The molecule has 1 heterocycles. The fourth-order valence-electron chi connectivity index (χ4n) is 2.72. The summed E-state index contributed by atoms with van der Waals surface area (Å²) in [6.45, 7) is 3.63. The molecule has 1 aromatic heterocycles. The van der Waals surface area contributed by atoms with Crippen LogP contribution in [0.15, 0.2) is 53.7 Å². The lowest BCUT2D eigenvalue weighted by Gasteiger charge is -2.15. The summed E-state index contributed by atoms with van der Waals surface area (Å²) >= 11 is 1.26. The van der Waals surface area contributed by atoms with Crippen LogP contribution in [0.25, 0.3) is 0 Å². The van der Waals surface area contributed by atoms with E-state index in [1.54, 1.807) is 30.7 Å². The van der Waals surface area contributed by atoms with E-state index in [-0.39, 0.29) is 12.0 Å². The predicted molar refractivity (Wildman–Crippen MR) is 113 cm³/mol. The molecule has 0 fully saturated rings. The third-order valence-corrected chi connectivity index (χ3v) is 5.48. The maximum Gasteiger partial charge on any atom is 0.237 e. The van der Waals surface area contributed by atoms with Gasteiger partial charge in [0, 0.05) is 12.7 Å². The topological polar surface area (TPSA) is 78.3 Å². The highest BCUT2D eigenvalue weighted by molar-refractivity contribution is 8.00. The van der Waals surface area contributed by atoms with Gasteiger partial charge in [-0.3, -0.25) is 4.79 Å². The van der Waals surface area contributed by atoms with Gasteiger partial charge in [-0.05, 0) is 56.3 Å². The smallest absolute Gasteiger partial charge is 0.237 e. The zero-order valence-corrected chi connectivity index (χ0v) is 17.9. The Kier molecular flexibility index (Phi) is 6.94. The number of benzene rings is 2. The quantitative estimate of drug-likeness (QED) is 0.539. The lowest BCUT2D eigenvalue weighted by Crippen LogP contribution is -2.23. The second-order valence-corrected chi connectivity index (χ2v) is 7.90. The minimum absolute atomic E-state index is 0.252. The minimum atomic E-state index is -0.457. The minimum Gasteiger partial charge on any atom is -0.497 e. The molecule has 0 aliphatic heterocycles. The number of rotatable bonds is 8. The van der Waals surface area contributed by atoms with Gasteiger partial charge >= 0.3 is 0 Å². The van der Waals surface area contributed by atoms with Gasteiger partial charge in [-0.15, -0.1) is 10.2 Å². The van der Waals surface area contributed by atoms with Gasteiger partial charge in [-0.25, -0.2) is 4.39 Å². The number of carbonyl (C=O) groups is 1. The second kappa shape index (κ2) is 9.62. The van der Waals surface area contributed by atoms with E-state index in [1.807, 2.05) is 38.2 Å². The van der Waals surface area contributed by atoms with Crippen LogP contribution in [0.5, 0.6) is 11.5 Å². The molecule has 158 valence electrons. The molecule has 0 saturated heterocycles. The number of nitrogens with zero attached hydrogens (tertiary/aromatic N) is 3. The Hall–Kier alpha value is -3.07. The fraction of sp³-hybridized carbons (Fsp3) is 0.286. The van der Waals surface area contributed by atoms with Crippen LogP contribution < -0.4 is 14.8 Å². The first kappa shape index (κ1) is 21.6. The predicted octanol–water partition coefficient (Wildman–Crippen LogP) is 4.22. The molecule has 3 rings (SSSR count). The van der Waals surface area contributed by atoms with Crippen molar-refractivity contribution in [2.75, 3.05) is 12.4 Å². The number of nitrogens with one attached hydrogen (secondary N) is 1. The van der Waals surface area contributed by atoms with Crippen LogP contribution in [0.3, 0.4) is 0 Å². The average Bonchev–Trinajstić information content (AvgIpc) is 3.09. The van der Waals surface area contributed by atoms with E-state index in [4.69, 9.17) is 9.47 Å². The Balaban J connectivity index is 1.62. The van der Waals surface area contributed by atoms with Crippen molar-refractivity contribution < 1.29 is 18.7 Å². The van der Waals surface area contributed by atoms with Crippen LogP contribution in [-0.4, -0.2) is 33.0 Å². The fourth-order valence-corrected chi connectivity index (χ4v) is 3.54. The largest absolute Gasteiger partial charge is 0.497 e. The van der Waals surface area contributed by atoms with Crippen LogP contribution in [0.1, 0.15) is 25.8 Å². The molecule has 0 aliphatic carbocycles. The second-order valence-electron chi connectivity index (χ2n) is 6.60.